The molecule has 0 saturated heterocycles. The van der Waals surface area contributed by atoms with Gasteiger partial charge in [0.05, 0.1) is 23.2 Å². The van der Waals surface area contributed by atoms with Gasteiger partial charge in [0, 0.05) is 28.7 Å². The van der Waals surface area contributed by atoms with Gasteiger partial charge < -0.3 is 18.8 Å². The first-order chi connectivity index (χ1) is 14.5. The Hall–Kier alpha value is -2.65. The van der Waals surface area contributed by atoms with Crippen LogP contribution in [0.5, 0.6) is 11.5 Å². The molecule has 4 rings (SSSR count). The Balaban J connectivity index is 1.78. The topological polar surface area (TPSA) is 79.1 Å². The van der Waals surface area contributed by atoms with Crippen LogP contribution in [-0.2, 0) is 16.1 Å². The summed E-state index contributed by atoms with van der Waals surface area (Å²) in [5.41, 5.74) is 1.31. The Morgan fingerprint density at radius 1 is 1.17 bits per heavy atom. The highest BCUT2D eigenvalue weighted by Gasteiger charge is 2.18. The van der Waals surface area contributed by atoms with Gasteiger partial charge in [0.2, 0.25) is 0 Å². The number of carbonyl (C=O) groups excluding carboxylic acids is 2. The molecule has 0 aliphatic carbocycles. The van der Waals surface area contributed by atoms with Crippen LogP contribution in [0.1, 0.15) is 23.7 Å². The summed E-state index contributed by atoms with van der Waals surface area (Å²) in [6.07, 6.45) is 0.174. The minimum Gasteiger partial charge on any atom is -0.486 e. The van der Waals surface area contributed by atoms with E-state index in [0.717, 1.165) is 14.7 Å². The molecular formula is C21H19BrN2O5S. The number of benzene rings is 2. The fourth-order valence-electron chi connectivity index (χ4n) is 3.09. The summed E-state index contributed by atoms with van der Waals surface area (Å²) in [6, 6.07) is 10.8. The minimum atomic E-state index is -0.351. The summed E-state index contributed by atoms with van der Waals surface area (Å²) in [5.74, 6) is 0.656. The van der Waals surface area contributed by atoms with Crippen molar-refractivity contribution in [2.75, 3.05) is 19.8 Å². The van der Waals surface area contributed by atoms with E-state index in [1.807, 2.05) is 16.7 Å². The average Bonchev–Trinajstić information content (AvgIpc) is 3.07. The second kappa shape index (κ2) is 9.01. The number of esters is 1. The van der Waals surface area contributed by atoms with Crippen LogP contribution in [0.3, 0.4) is 0 Å². The Labute approximate surface area is 185 Å². The predicted molar refractivity (Wildman–Crippen MR) is 116 cm³/mol. The van der Waals surface area contributed by atoms with E-state index in [9.17, 15) is 9.59 Å². The summed E-state index contributed by atoms with van der Waals surface area (Å²) in [5, 5.41) is 0. The Morgan fingerprint density at radius 2 is 1.87 bits per heavy atom. The molecule has 7 nitrogen and oxygen atoms in total. The van der Waals surface area contributed by atoms with E-state index in [2.05, 4.69) is 20.9 Å². The van der Waals surface area contributed by atoms with Gasteiger partial charge in [0.15, 0.2) is 16.3 Å². The number of amides is 1. The van der Waals surface area contributed by atoms with Gasteiger partial charge in [-0.15, -0.1) is 0 Å². The van der Waals surface area contributed by atoms with Crippen molar-refractivity contribution in [3.8, 4) is 11.5 Å². The normalized spacial score (nSPS) is 13.5. The van der Waals surface area contributed by atoms with Crippen molar-refractivity contribution in [3.63, 3.8) is 0 Å². The number of rotatable bonds is 5. The molecule has 30 heavy (non-hydrogen) atoms. The van der Waals surface area contributed by atoms with Crippen LogP contribution in [0.2, 0.25) is 0 Å². The average molecular weight is 491 g/mol. The van der Waals surface area contributed by atoms with E-state index in [1.54, 1.807) is 31.2 Å². The lowest BCUT2D eigenvalue weighted by Crippen LogP contribution is -2.20. The Morgan fingerprint density at radius 3 is 2.57 bits per heavy atom. The summed E-state index contributed by atoms with van der Waals surface area (Å²) in [6.45, 7) is 3.40. The first-order valence-electron chi connectivity index (χ1n) is 9.48. The van der Waals surface area contributed by atoms with Crippen molar-refractivity contribution in [3.05, 3.63) is 51.2 Å². The standard InChI is InChI=1S/C21H19BrN2O5S/c1-2-27-19(25)7-8-24-15-11-16-17(29-10-9-28-16)12-18(15)30-21(24)23-20(26)13-3-5-14(22)6-4-13/h3-6,11-12H,2,7-10H2,1H3. The lowest BCUT2D eigenvalue weighted by molar-refractivity contribution is -0.143. The molecule has 0 fully saturated rings. The molecule has 1 aliphatic heterocycles. The summed E-state index contributed by atoms with van der Waals surface area (Å²) >= 11 is 4.73. The van der Waals surface area contributed by atoms with Gasteiger partial charge in [-0.05, 0) is 31.2 Å². The zero-order valence-corrected chi connectivity index (χ0v) is 18.6. The molecule has 1 amide bonds. The molecule has 0 atom stereocenters. The molecule has 1 aromatic heterocycles. The van der Waals surface area contributed by atoms with Crippen LogP contribution in [0, 0.1) is 0 Å². The molecule has 2 heterocycles. The quantitative estimate of drug-likeness (QED) is 0.506. The third-order valence-corrected chi connectivity index (χ3v) is 6.05. The number of hydrogen-bond acceptors (Lipinski definition) is 6. The molecular weight excluding hydrogens is 472 g/mol. The molecule has 156 valence electrons. The lowest BCUT2D eigenvalue weighted by Gasteiger charge is -2.18. The number of aromatic nitrogens is 1. The molecule has 0 saturated carbocycles. The second-order valence-corrected chi connectivity index (χ2v) is 8.40. The molecule has 1 aliphatic rings. The highest BCUT2D eigenvalue weighted by Crippen LogP contribution is 2.35. The highest BCUT2D eigenvalue weighted by atomic mass is 79.9. The van der Waals surface area contributed by atoms with Crippen LogP contribution in [0.4, 0.5) is 0 Å². The lowest BCUT2D eigenvalue weighted by atomic mass is 10.2. The second-order valence-electron chi connectivity index (χ2n) is 6.48. The molecule has 0 bridgehead atoms. The van der Waals surface area contributed by atoms with Gasteiger partial charge in [-0.2, -0.15) is 4.99 Å². The summed E-state index contributed by atoms with van der Waals surface area (Å²) in [7, 11) is 0. The smallest absolute Gasteiger partial charge is 0.307 e. The maximum atomic E-state index is 12.7. The van der Waals surface area contributed by atoms with Gasteiger partial charge in [0.1, 0.15) is 13.2 Å². The molecule has 2 aromatic carbocycles. The number of halogens is 1. The molecule has 0 spiro atoms. The van der Waals surface area contributed by atoms with Crippen molar-refractivity contribution in [1.29, 1.82) is 0 Å². The summed E-state index contributed by atoms with van der Waals surface area (Å²) in [4.78, 5) is 29.5. The van der Waals surface area contributed by atoms with Crippen molar-refractivity contribution in [2.45, 2.75) is 19.9 Å². The van der Waals surface area contributed by atoms with Gasteiger partial charge in [-0.3, -0.25) is 9.59 Å². The van der Waals surface area contributed by atoms with Crippen molar-refractivity contribution >= 4 is 49.4 Å². The minimum absolute atomic E-state index is 0.174. The highest BCUT2D eigenvalue weighted by molar-refractivity contribution is 9.10. The molecule has 0 N–H and O–H groups in total. The number of fused-ring (bicyclic) bond motifs is 2. The first kappa shape index (κ1) is 20.6. The Kier molecular flexibility index (Phi) is 6.19. The number of carbonyl (C=O) groups is 2. The van der Waals surface area contributed by atoms with Crippen molar-refractivity contribution < 1.29 is 23.8 Å². The first-order valence-corrected chi connectivity index (χ1v) is 11.1. The zero-order valence-electron chi connectivity index (χ0n) is 16.2. The fraction of sp³-hybridized carbons (Fsp3) is 0.286. The van der Waals surface area contributed by atoms with E-state index in [1.165, 1.54) is 11.3 Å². The van der Waals surface area contributed by atoms with Crippen LogP contribution in [-0.4, -0.2) is 36.3 Å². The van der Waals surface area contributed by atoms with Gasteiger partial charge in [-0.25, -0.2) is 0 Å². The third kappa shape index (κ3) is 4.41. The van der Waals surface area contributed by atoms with Crippen molar-refractivity contribution in [1.82, 2.24) is 4.57 Å². The van der Waals surface area contributed by atoms with Crippen LogP contribution in [0.25, 0.3) is 10.2 Å². The van der Waals surface area contributed by atoms with E-state index in [0.29, 0.717) is 48.2 Å². The predicted octanol–water partition coefficient (Wildman–Crippen LogP) is 3.93. The fourth-order valence-corrected chi connectivity index (χ4v) is 4.42. The number of aryl methyl sites for hydroxylation is 1. The third-order valence-electron chi connectivity index (χ3n) is 4.48. The number of thiazole rings is 1. The molecule has 0 unspecified atom stereocenters. The number of nitrogens with zero attached hydrogens (tertiary/aromatic N) is 2. The van der Waals surface area contributed by atoms with Crippen LogP contribution in [0.15, 0.2) is 45.9 Å². The monoisotopic (exact) mass is 490 g/mol. The maximum Gasteiger partial charge on any atom is 0.307 e. The zero-order chi connectivity index (χ0) is 21.1. The SMILES string of the molecule is CCOC(=O)CCn1c(=NC(=O)c2ccc(Br)cc2)sc2cc3c(cc21)OCCO3. The van der Waals surface area contributed by atoms with E-state index >= 15 is 0 Å². The molecule has 0 radical (unpaired) electrons. The molecule has 3 aromatic rings. The number of hydrogen-bond donors (Lipinski definition) is 0. The molecule has 9 heteroatoms. The van der Waals surface area contributed by atoms with Gasteiger partial charge >= 0.3 is 5.97 Å². The largest absolute Gasteiger partial charge is 0.486 e. The van der Waals surface area contributed by atoms with Crippen LogP contribution < -0.4 is 14.3 Å². The van der Waals surface area contributed by atoms with Crippen molar-refractivity contribution in [2.24, 2.45) is 4.99 Å². The van der Waals surface area contributed by atoms with Gasteiger partial charge in [0.25, 0.3) is 5.91 Å². The van der Waals surface area contributed by atoms with E-state index < -0.39 is 0 Å². The maximum absolute atomic E-state index is 12.7. The van der Waals surface area contributed by atoms with E-state index in [-0.39, 0.29) is 18.3 Å². The van der Waals surface area contributed by atoms with Crippen LogP contribution >= 0.6 is 27.3 Å². The number of ether oxygens (including phenoxy) is 3. The Bertz CT molecular complexity index is 1170. The van der Waals surface area contributed by atoms with Gasteiger partial charge in [-0.1, -0.05) is 27.3 Å². The summed E-state index contributed by atoms with van der Waals surface area (Å²) < 4.78 is 20.0. The van der Waals surface area contributed by atoms with E-state index in [4.69, 9.17) is 14.2 Å².